The first-order chi connectivity index (χ1) is 10.9. The Morgan fingerprint density at radius 1 is 1.52 bits per heavy atom. The van der Waals surface area contributed by atoms with E-state index >= 15 is 0 Å². The zero-order valence-electron chi connectivity index (χ0n) is 12.6. The van der Waals surface area contributed by atoms with Gasteiger partial charge in [-0.05, 0) is 27.6 Å². The molecule has 0 saturated carbocycles. The summed E-state index contributed by atoms with van der Waals surface area (Å²) in [5, 5.41) is 14.8. The molecule has 0 saturated heterocycles. The lowest BCUT2D eigenvalue weighted by molar-refractivity contribution is -0.384. The van der Waals surface area contributed by atoms with Crippen molar-refractivity contribution in [3.8, 4) is 0 Å². The Kier molecular flexibility index (Phi) is 5.28. The number of amides is 1. The minimum Gasteiger partial charge on any atom is -0.336 e. The molecular formula is C15H15BrN4O3. The molecule has 2 rings (SSSR count). The number of aromatic nitrogens is 2. The third-order valence-corrected chi connectivity index (χ3v) is 3.94. The van der Waals surface area contributed by atoms with E-state index in [1.165, 1.54) is 23.1 Å². The van der Waals surface area contributed by atoms with Crippen molar-refractivity contribution in [1.29, 1.82) is 0 Å². The number of non-ortho nitro benzene ring substituents is 1. The molecule has 0 aliphatic rings. The molecule has 0 N–H and O–H groups in total. The van der Waals surface area contributed by atoms with E-state index in [2.05, 4.69) is 21.0 Å². The highest BCUT2D eigenvalue weighted by Gasteiger charge is 2.12. The third kappa shape index (κ3) is 4.26. The van der Waals surface area contributed by atoms with Crippen LogP contribution in [0.5, 0.6) is 0 Å². The summed E-state index contributed by atoms with van der Waals surface area (Å²) in [4.78, 5) is 23.9. The van der Waals surface area contributed by atoms with E-state index in [9.17, 15) is 14.9 Å². The molecule has 120 valence electrons. The Balaban J connectivity index is 2.06. The normalized spacial score (nSPS) is 10.9. The third-order valence-electron chi connectivity index (χ3n) is 3.27. The topological polar surface area (TPSA) is 81.3 Å². The second-order valence-electron chi connectivity index (χ2n) is 4.94. The monoisotopic (exact) mass is 378 g/mol. The number of hydrogen-bond acceptors (Lipinski definition) is 4. The van der Waals surface area contributed by atoms with Crippen LogP contribution in [0.2, 0.25) is 0 Å². The van der Waals surface area contributed by atoms with Gasteiger partial charge in [0, 0.05) is 32.3 Å². The van der Waals surface area contributed by atoms with Gasteiger partial charge in [0.1, 0.15) is 0 Å². The first-order valence-corrected chi connectivity index (χ1v) is 7.52. The van der Waals surface area contributed by atoms with Crippen LogP contribution in [-0.4, -0.2) is 32.6 Å². The highest BCUT2D eigenvalue weighted by atomic mass is 79.9. The summed E-state index contributed by atoms with van der Waals surface area (Å²) in [7, 11) is 3.48. The van der Waals surface area contributed by atoms with Crippen molar-refractivity contribution < 1.29 is 9.72 Å². The molecular weight excluding hydrogens is 364 g/mol. The molecule has 7 nitrogen and oxygen atoms in total. The lowest BCUT2D eigenvalue weighted by Crippen LogP contribution is -2.25. The van der Waals surface area contributed by atoms with Crippen molar-refractivity contribution in [3.05, 3.63) is 62.4 Å². The lowest BCUT2D eigenvalue weighted by atomic mass is 10.2. The predicted molar refractivity (Wildman–Crippen MR) is 89.5 cm³/mol. The molecule has 0 aliphatic carbocycles. The van der Waals surface area contributed by atoms with Crippen LogP contribution in [0.15, 0.2) is 41.0 Å². The van der Waals surface area contributed by atoms with Crippen LogP contribution >= 0.6 is 15.9 Å². The van der Waals surface area contributed by atoms with E-state index < -0.39 is 4.92 Å². The van der Waals surface area contributed by atoms with Crippen molar-refractivity contribution in [3.63, 3.8) is 0 Å². The number of aryl methyl sites for hydroxylation is 1. The molecule has 0 bridgehead atoms. The van der Waals surface area contributed by atoms with Gasteiger partial charge in [-0.25, -0.2) is 0 Å². The maximum absolute atomic E-state index is 12.1. The van der Waals surface area contributed by atoms with Crippen LogP contribution in [0.4, 0.5) is 5.69 Å². The number of likely N-dealkylation sites (N-methyl/N-ethyl adjacent to an activating group) is 1. The molecule has 23 heavy (non-hydrogen) atoms. The van der Waals surface area contributed by atoms with Gasteiger partial charge in [-0.15, -0.1) is 0 Å². The molecule has 0 radical (unpaired) electrons. The number of carbonyl (C=O) groups is 1. The van der Waals surface area contributed by atoms with Crippen molar-refractivity contribution in [1.82, 2.24) is 14.7 Å². The Bertz CT molecular complexity index is 750. The van der Waals surface area contributed by atoms with Crippen LogP contribution in [0.3, 0.4) is 0 Å². The fraction of sp³-hybridized carbons (Fsp3) is 0.200. The standard InChI is InChI=1S/C15H15BrN4O3/c1-18(10-14-13(16)9-17-19(14)2)15(21)7-6-11-4-3-5-12(8-11)20(22)23/h3-9H,10H2,1-2H3/b7-6+. The second kappa shape index (κ2) is 7.19. The Morgan fingerprint density at radius 2 is 2.26 bits per heavy atom. The highest BCUT2D eigenvalue weighted by Crippen LogP contribution is 2.17. The van der Waals surface area contributed by atoms with Gasteiger partial charge in [-0.3, -0.25) is 19.6 Å². The van der Waals surface area contributed by atoms with Gasteiger partial charge in [0.25, 0.3) is 5.69 Å². The molecule has 0 atom stereocenters. The smallest absolute Gasteiger partial charge is 0.270 e. The minimum absolute atomic E-state index is 0.00762. The van der Waals surface area contributed by atoms with Gasteiger partial charge in [0.2, 0.25) is 5.91 Å². The van der Waals surface area contributed by atoms with Crippen LogP contribution in [0.25, 0.3) is 6.08 Å². The second-order valence-corrected chi connectivity index (χ2v) is 5.80. The van der Waals surface area contributed by atoms with E-state index in [1.807, 2.05) is 0 Å². The largest absolute Gasteiger partial charge is 0.336 e. The number of hydrogen-bond donors (Lipinski definition) is 0. The van der Waals surface area contributed by atoms with Crippen LogP contribution in [-0.2, 0) is 18.4 Å². The highest BCUT2D eigenvalue weighted by molar-refractivity contribution is 9.10. The summed E-state index contributed by atoms with van der Waals surface area (Å²) in [5.41, 5.74) is 1.47. The molecule has 0 aliphatic heterocycles. The molecule has 0 spiro atoms. The molecule has 2 aromatic rings. The fourth-order valence-electron chi connectivity index (χ4n) is 1.95. The predicted octanol–water partition coefficient (Wildman–Crippen LogP) is 2.76. The Morgan fingerprint density at radius 3 is 2.87 bits per heavy atom. The van der Waals surface area contributed by atoms with Crippen molar-refractivity contribution in [2.75, 3.05) is 7.05 Å². The maximum Gasteiger partial charge on any atom is 0.270 e. The molecule has 1 amide bonds. The Hall–Kier alpha value is -2.48. The molecule has 1 aromatic carbocycles. The van der Waals surface area contributed by atoms with Crippen LogP contribution < -0.4 is 0 Å². The average Bonchev–Trinajstić information content (AvgIpc) is 2.84. The van der Waals surface area contributed by atoms with E-state index in [-0.39, 0.29) is 11.6 Å². The Labute approximate surface area is 141 Å². The first-order valence-electron chi connectivity index (χ1n) is 6.72. The van der Waals surface area contributed by atoms with E-state index in [0.29, 0.717) is 12.1 Å². The van der Waals surface area contributed by atoms with Crippen LogP contribution in [0, 0.1) is 10.1 Å². The fourth-order valence-corrected chi connectivity index (χ4v) is 2.43. The summed E-state index contributed by atoms with van der Waals surface area (Å²) in [5.74, 6) is -0.204. The molecule has 0 fully saturated rings. The number of rotatable bonds is 5. The number of nitrogens with zero attached hydrogens (tertiary/aromatic N) is 4. The quantitative estimate of drug-likeness (QED) is 0.455. The van der Waals surface area contributed by atoms with Gasteiger partial charge in [0.05, 0.1) is 27.8 Å². The van der Waals surface area contributed by atoms with E-state index in [4.69, 9.17) is 0 Å². The number of nitro benzene ring substituents is 1. The average molecular weight is 379 g/mol. The van der Waals surface area contributed by atoms with Gasteiger partial charge < -0.3 is 4.90 Å². The first kappa shape index (κ1) is 16.9. The zero-order valence-corrected chi connectivity index (χ0v) is 14.2. The van der Waals surface area contributed by atoms with E-state index in [1.54, 1.807) is 43.2 Å². The number of nitro groups is 1. The molecule has 8 heteroatoms. The zero-order chi connectivity index (χ0) is 17.0. The number of benzene rings is 1. The van der Waals surface area contributed by atoms with Gasteiger partial charge in [0.15, 0.2) is 0 Å². The van der Waals surface area contributed by atoms with Gasteiger partial charge in [-0.1, -0.05) is 12.1 Å². The summed E-state index contributed by atoms with van der Waals surface area (Å²) in [6.07, 6.45) is 4.63. The van der Waals surface area contributed by atoms with Crippen molar-refractivity contribution in [2.24, 2.45) is 7.05 Å². The molecule has 1 aromatic heterocycles. The van der Waals surface area contributed by atoms with Crippen LogP contribution in [0.1, 0.15) is 11.3 Å². The number of halogens is 1. The molecule has 0 unspecified atom stereocenters. The van der Waals surface area contributed by atoms with E-state index in [0.717, 1.165) is 10.2 Å². The summed E-state index contributed by atoms with van der Waals surface area (Å²) in [6.45, 7) is 0.398. The minimum atomic E-state index is -0.467. The van der Waals surface area contributed by atoms with Crippen molar-refractivity contribution >= 4 is 33.6 Å². The summed E-state index contributed by atoms with van der Waals surface area (Å²) in [6, 6.07) is 6.11. The number of carbonyl (C=O) groups excluding carboxylic acids is 1. The summed E-state index contributed by atoms with van der Waals surface area (Å²) >= 11 is 3.39. The van der Waals surface area contributed by atoms with Gasteiger partial charge in [-0.2, -0.15) is 5.10 Å². The summed E-state index contributed by atoms with van der Waals surface area (Å²) < 4.78 is 2.53. The SMILES string of the molecule is CN(Cc1c(Br)cnn1C)C(=O)/C=C/c1cccc([N+](=O)[O-])c1. The van der Waals surface area contributed by atoms with Crippen molar-refractivity contribution in [2.45, 2.75) is 6.54 Å². The lowest BCUT2D eigenvalue weighted by Gasteiger charge is -2.15. The molecule has 1 heterocycles. The van der Waals surface area contributed by atoms with Gasteiger partial charge >= 0.3 is 0 Å². The maximum atomic E-state index is 12.1.